The molecular weight excluding hydrogens is 238 g/mol. The van der Waals surface area contributed by atoms with E-state index in [1.165, 1.54) is 18.4 Å². The first-order valence-corrected chi connectivity index (χ1v) is 6.90. The Balaban J connectivity index is 1.72. The number of nitrogens with zero attached hydrogens (tertiary/aromatic N) is 1. The molecule has 0 unspecified atom stereocenters. The van der Waals surface area contributed by atoms with Gasteiger partial charge in [-0.25, -0.2) is 0 Å². The lowest BCUT2D eigenvalue weighted by Gasteiger charge is -2.10. The Morgan fingerprint density at radius 1 is 1.26 bits per heavy atom. The van der Waals surface area contributed by atoms with E-state index in [0.29, 0.717) is 12.5 Å². The molecule has 104 valence electrons. The van der Waals surface area contributed by atoms with Gasteiger partial charge in [0.1, 0.15) is 0 Å². The van der Waals surface area contributed by atoms with E-state index in [9.17, 15) is 4.79 Å². The van der Waals surface area contributed by atoms with Gasteiger partial charge in [0, 0.05) is 31.2 Å². The molecule has 1 saturated carbocycles. The lowest BCUT2D eigenvalue weighted by atomic mass is 10.2. The number of nitrogens with one attached hydrogen (secondary N) is 2. The highest BCUT2D eigenvalue weighted by atomic mass is 16.1. The van der Waals surface area contributed by atoms with Crippen LogP contribution in [0.3, 0.4) is 0 Å². The molecule has 1 aromatic rings. The number of anilines is 1. The monoisotopic (exact) mass is 261 g/mol. The summed E-state index contributed by atoms with van der Waals surface area (Å²) in [6.45, 7) is 1.69. The lowest BCUT2D eigenvalue weighted by molar-refractivity contribution is -0.116. The van der Waals surface area contributed by atoms with Crippen molar-refractivity contribution < 1.29 is 4.79 Å². The molecule has 0 saturated heterocycles. The Labute approximate surface area is 115 Å². The van der Waals surface area contributed by atoms with E-state index < -0.39 is 0 Å². The molecule has 1 aromatic carbocycles. The van der Waals surface area contributed by atoms with Crippen molar-refractivity contribution in [1.29, 1.82) is 0 Å². The van der Waals surface area contributed by atoms with Gasteiger partial charge in [0.15, 0.2) is 0 Å². The SMILES string of the molecule is CN(C)Cc1ccc(NC(=O)CCNC2CC2)cc1. The van der Waals surface area contributed by atoms with Gasteiger partial charge in [-0.2, -0.15) is 0 Å². The molecule has 0 aliphatic heterocycles. The molecule has 0 bridgehead atoms. The Morgan fingerprint density at radius 2 is 1.95 bits per heavy atom. The Hall–Kier alpha value is -1.39. The molecule has 2 N–H and O–H groups in total. The lowest BCUT2D eigenvalue weighted by Crippen LogP contribution is -2.23. The third-order valence-electron chi connectivity index (χ3n) is 3.10. The van der Waals surface area contributed by atoms with E-state index in [1.54, 1.807) is 0 Å². The molecule has 0 aromatic heterocycles. The van der Waals surface area contributed by atoms with Crippen LogP contribution in [0, 0.1) is 0 Å². The summed E-state index contributed by atoms with van der Waals surface area (Å²) in [6.07, 6.45) is 3.06. The van der Waals surface area contributed by atoms with Gasteiger partial charge in [-0.15, -0.1) is 0 Å². The van der Waals surface area contributed by atoms with Crippen molar-refractivity contribution in [2.24, 2.45) is 0 Å². The Kier molecular flexibility index (Phi) is 4.93. The number of carbonyl (C=O) groups is 1. The minimum atomic E-state index is 0.0773. The predicted molar refractivity (Wildman–Crippen MR) is 78.1 cm³/mol. The molecule has 1 aliphatic carbocycles. The molecule has 4 nitrogen and oxygen atoms in total. The molecule has 19 heavy (non-hydrogen) atoms. The minimum absolute atomic E-state index is 0.0773. The number of hydrogen-bond donors (Lipinski definition) is 2. The van der Waals surface area contributed by atoms with Crippen molar-refractivity contribution in [1.82, 2.24) is 10.2 Å². The fraction of sp³-hybridized carbons (Fsp3) is 0.533. The summed E-state index contributed by atoms with van der Waals surface area (Å²) >= 11 is 0. The molecule has 0 radical (unpaired) electrons. The molecule has 2 rings (SSSR count). The van der Waals surface area contributed by atoms with Crippen LogP contribution in [-0.2, 0) is 11.3 Å². The van der Waals surface area contributed by atoms with Crippen LogP contribution in [0.25, 0.3) is 0 Å². The number of carbonyl (C=O) groups excluding carboxylic acids is 1. The third-order valence-corrected chi connectivity index (χ3v) is 3.10. The summed E-state index contributed by atoms with van der Waals surface area (Å²) in [5, 5.41) is 6.26. The normalized spacial score (nSPS) is 14.7. The molecule has 0 heterocycles. The maximum atomic E-state index is 11.7. The minimum Gasteiger partial charge on any atom is -0.326 e. The summed E-state index contributed by atoms with van der Waals surface area (Å²) in [5.41, 5.74) is 2.12. The standard InChI is InChI=1S/C15H23N3O/c1-18(2)11-12-3-5-14(6-4-12)17-15(19)9-10-16-13-7-8-13/h3-6,13,16H,7-11H2,1-2H3,(H,17,19). The number of hydrogen-bond acceptors (Lipinski definition) is 3. The van der Waals surface area contributed by atoms with Gasteiger partial charge in [0.05, 0.1) is 0 Å². The van der Waals surface area contributed by atoms with Crippen LogP contribution >= 0.6 is 0 Å². The van der Waals surface area contributed by atoms with Crippen LogP contribution in [-0.4, -0.2) is 37.5 Å². The van der Waals surface area contributed by atoms with Crippen LogP contribution in [0.2, 0.25) is 0 Å². The summed E-state index contributed by atoms with van der Waals surface area (Å²) < 4.78 is 0. The number of amides is 1. The van der Waals surface area contributed by atoms with Crippen LogP contribution < -0.4 is 10.6 Å². The molecule has 1 amide bonds. The quantitative estimate of drug-likeness (QED) is 0.787. The molecular formula is C15H23N3O. The topological polar surface area (TPSA) is 44.4 Å². The first-order chi connectivity index (χ1) is 9.13. The zero-order chi connectivity index (χ0) is 13.7. The average molecular weight is 261 g/mol. The van der Waals surface area contributed by atoms with Crippen molar-refractivity contribution in [3.05, 3.63) is 29.8 Å². The maximum Gasteiger partial charge on any atom is 0.225 e. The second-order valence-electron chi connectivity index (χ2n) is 5.46. The molecule has 1 fully saturated rings. The van der Waals surface area contributed by atoms with E-state index in [0.717, 1.165) is 18.8 Å². The van der Waals surface area contributed by atoms with Gasteiger partial charge in [0.2, 0.25) is 5.91 Å². The van der Waals surface area contributed by atoms with E-state index in [1.807, 2.05) is 26.2 Å². The predicted octanol–water partition coefficient (Wildman–Crippen LogP) is 1.83. The molecule has 0 atom stereocenters. The van der Waals surface area contributed by atoms with E-state index >= 15 is 0 Å². The van der Waals surface area contributed by atoms with Crippen molar-refractivity contribution in [3.8, 4) is 0 Å². The highest BCUT2D eigenvalue weighted by molar-refractivity contribution is 5.90. The van der Waals surface area contributed by atoms with E-state index in [2.05, 4.69) is 27.7 Å². The maximum absolute atomic E-state index is 11.7. The zero-order valence-electron chi connectivity index (χ0n) is 11.8. The molecule has 4 heteroatoms. The summed E-state index contributed by atoms with van der Waals surface area (Å²) in [5.74, 6) is 0.0773. The highest BCUT2D eigenvalue weighted by Crippen LogP contribution is 2.18. The zero-order valence-corrected chi connectivity index (χ0v) is 11.8. The summed E-state index contributed by atoms with van der Waals surface area (Å²) in [4.78, 5) is 13.8. The first-order valence-electron chi connectivity index (χ1n) is 6.90. The molecule has 1 aliphatic rings. The highest BCUT2D eigenvalue weighted by Gasteiger charge is 2.20. The van der Waals surface area contributed by atoms with Crippen LogP contribution in [0.15, 0.2) is 24.3 Å². The third kappa shape index (κ3) is 5.41. The van der Waals surface area contributed by atoms with Crippen LogP contribution in [0.5, 0.6) is 0 Å². The smallest absolute Gasteiger partial charge is 0.225 e. The van der Waals surface area contributed by atoms with Gasteiger partial charge in [-0.1, -0.05) is 12.1 Å². The fourth-order valence-corrected chi connectivity index (χ4v) is 1.96. The van der Waals surface area contributed by atoms with Crippen LogP contribution in [0.1, 0.15) is 24.8 Å². The summed E-state index contributed by atoms with van der Waals surface area (Å²) in [7, 11) is 4.09. The Bertz CT molecular complexity index is 410. The van der Waals surface area contributed by atoms with Crippen molar-refractivity contribution in [3.63, 3.8) is 0 Å². The number of benzene rings is 1. The van der Waals surface area contributed by atoms with Crippen molar-refractivity contribution in [2.45, 2.75) is 31.8 Å². The van der Waals surface area contributed by atoms with Gasteiger partial charge >= 0.3 is 0 Å². The van der Waals surface area contributed by atoms with Crippen molar-refractivity contribution in [2.75, 3.05) is 26.0 Å². The first kappa shape index (κ1) is 14.0. The largest absolute Gasteiger partial charge is 0.326 e. The van der Waals surface area contributed by atoms with Gasteiger partial charge in [-0.05, 0) is 44.6 Å². The van der Waals surface area contributed by atoms with E-state index in [4.69, 9.17) is 0 Å². The van der Waals surface area contributed by atoms with Crippen LogP contribution in [0.4, 0.5) is 5.69 Å². The average Bonchev–Trinajstić information content (AvgIpc) is 3.15. The van der Waals surface area contributed by atoms with Crippen molar-refractivity contribution >= 4 is 11.6 Å². The molecule has 0 spiro atoms. The second kappa shape index (κ2) is 6.68. The second-order valence-corrected chi connectivity index (χ2v) is 5.46. The van der Waals surface area contributed by atoms with Gasteiger partial charge in [-0.3, -0.25) is 4.79 Å². The Morgan fingerprint density at radius 3 is 2.53 bits per heavy atom. The van der Waals surface area contributed by atoms with Gasteiger partial charge < -0.3 is 15.5 Å². The van der Waals surface area contributed by atoms with E-state index in [-0.39, 0.29) is 5.91 Å². The number of rotatable bonds is 7. The fourth-order valence-electron chi connectivity index (χ4n) is 1.96. The van der Waals surface area contributed by atoms with Gasteiger partial charge in [0.25, 0.3) is 0 Å². The summed E-state index contributed by atoms with van der Waals surface area (Å²) in [6, 6.07) is 8.70.